The molecular formula is C15H19FN4O. The van der Waals surface area contributed by atoms with Gasteiger partial charge in [0.05, 0.1) is 24.2 Å². The van der Waals surface area contributed by atoms with E-state index < -0.39 is 0 Å². The summed E-state index contributed by atoms with van der Waals surface area (Å²) in [6.45, 7) is 1.55. The number of aliphatic hydroxyl groups excluding tert-OH is 1. The fourth-order valence-corrected chi connectivity index (χ4v) is 2.89. The lowest BCUT2D eigenvalue weighted by Gasteiger charge is -2.32. The van der Waals surface area contributed by atoms with Crippen LogP contribution in [0, 0.1) is 5.82 Å². The molecule has 6 heteroatoms. The number of anilines is 1. The van der Waals surface area contributed by atoms with Crippen molar-refractivity contribution >= 4 is 5.69 Å². The van der Waals surface area contributed by atoms with E-state index in [9.17, 15) is 4.39 Å². The van der Waals surface area contributed by atoms with E-state index in [4.69, 9.17) is 5.11 Å². The summed E-state index contributed by atoms with van der Waals surface area (Å²) in [7, 11) is 1.90. The van der Waals surface area contributed by atoms with Gasteiger partial charge in [-0.2, -0.15) is 5.10 Å². The maximum absolute atomic E-state index is 14.1. The highest BCUT2D eigenvalue weighted by atomic mass is 19.1. The molecule has 3 heterocycles. The highest BCUT2D eigenvalue weighted by Gasteiger charge is 2.24. The SMILES string of the molecule is Cn1cc(N2CCC(c3cnc(CO)cc3F)CC2)cn1. The second-order valence-corrected chi connectivity index (χ2v) is 5.49. The predicted octanol–water partition coefficient (Wildman–Crippen LogP) is 1.83. The minimum absolute atomic E-state index is 0.193. The number of hydrogen-bond acceptors (Lipinski definition) is 4. The third kappa shape index (κ3) is 2.90. The van der Waals surface area contributed by atoms with E-state index in [1.807, 2.05) is 19.4 Å². The van der Waals surface area contributed by atoms with Crippen molar-refractivity contribution in [1.82, 2.24) is 14.8 Å². The van der Waals surface area contributed by atoms with Crippen LogP contribution in [0.1, 0.15) is 30.0 Å². The normalized spacial score (nSPS) is 16.4. The smallest absolute Gasteiger partial charge is 0.130 e. The Morgan fingerprint density at radius 1 is 1.33 bits per heavy atom. The molecule has 3 rings (SSSR count). The van der Waals surface area contributed by atoms with Crippen molar-refractivity contribution in [2.24, 2.45) is 7.05 Å². The lowest BCUT2D eigenvalue weighted by Crippen LogP contribution is -2.32. The first-order valence-electron chi connectivity index (χ1n) is 7.16. The Bertz CT molecular complexity index is 620. The monoisotopic (exact) mass is 290 g/mol. The van der Waals surface area contributed by atoms with Crippen LogP contribution in [0.15, 0.2) is 24.7 Å². The molecule has 21 heavy (non-hydrogen) atoms. The summed E-state index contributed by atoms with van der Waals surface area (Å²) in [5.74, 6) is -0.0629. The number of nitrogens with zero attached hydrogens (tertiary/aromatic N) is 4. The molecule has 1 saturated heterocycles. The Labute approximate surface area is 123 Å². The van der Waals surface area contributed by atoms with Gasteiger partial charge in [-0.15, -0.1) is 0 Å². The van der Waals surface area contributed by atoms with E-state index in [0.717, 1.165) is 31.6 Å². The van der Waals surface area contributed by atoms with E-state index in [-0.39, 0.29) is 18.3 Å². The predicted molar refractivity (Wildman–Crippen MR) is 77.5 cm³/mol. The minimum Gasteiger partial charge on any atom is -0.390 e. The molecule has 0 aromatic carbocycles. The Balaban J connectivity index is 1.68. The number of aliphatic hydroxyl groups is 1. The summed E-state index contributed by atoms with van der Waals surface area (Å²) in [5, 5.41) is 13.2. The van der Waals surface area contributed by atoms with Crippen molar-refractivity contribution < 1.29 is 9.50 Å². The van der Waals surface area contributed by atoms with Gasteiger partial charge in [-0.05, 0) is 24.8 Å². The largest absolute Gasteiger partial charge is 0.390 e. The molecule has 1 fully saturated rings. The van der Waals surface area contributed by atoms with Gasteiger partial charge in [-0.25, -0.2) is 4.39 Å². The van der Waals surface area contributed by atoms with Crippen molar-refractivity contribution in [3.8, 4) is 0 Å². The van der Waals surface area contributed by atoms with Gasteiger partial charge in [-0.3, -0.25) is 9.67 Å². The molecule has 0 radical (unpaired) electrons. The van der Waals surface area contributed by atoms with Crippen LogP contribution in [0.3, 0.4) is 0 Å². The van der Waals surface area contributed by atoms with E-state index in [1.54, 1.807) is 10.9 Å². The molecule has 1 aliphatic rings. The molecule has 0 atom stereocenters. The van der Waals surface area contributed by atoms with Gasteiger partial charge in [0.1, 0.15) is 5.82 Å². The molecule has 0 bridgehead atoms. The molecule has 0 aliphatic carbocycles. The van der Waals surface area contributed by atoms with Crippen molar-refractivity contribution in [2.45, 2.75) is 25.4 Å². The molecule has 1 aliphatic heterocycles. The molecule has 2 aromatic heterocycles. The van der Waals surface area contributed by atoms with Crippen molar-refractivity contribution in [3.05, 3.63) is 41.7 Å². The van der Waals surface area contributed by atoms with Crippen LogP contribution in [0.2, 0.25) is 0 Å². The number of aromatic nitrogens is 3. The zero-order chi connectivity index (χ0) is 14.8. The maximum atomic E-state index is 14.1. The van der Waals surface area contributed by atoms with Crippen LogP contribution in [0.25, 0.3) is 0 Å². The summed E-state index contributed by atoms with van der Waals surface area (Å²) >= 11 is 0. The average molecular weight is 290 g/mol. The molecular weight excluding hydrogens is 271 g/mol. The Hall–Kier alpha value is -1.95. The van der Waals surface area contributed by atoms with Crippen molar-refractivity contribution in [1.29, 1.82) is 0 Å². The van der Waals surface area contributed by atoms with E-state index in [1.165, 1.54) is 6.07 Å². The van der Waals surface area contributed by atoms with E-state index in [2.05, 4.69) is 15.0 Å². The second-order valence-electron chi connectivity index (χ2n) is 5.49. The Kier molecular flexibility index (Phi) is 3.88. The van der Waals surface area contributed by atoms with E-state index >= 15 is 0 Å². The van der Waals surface area contributed by atoms with Crippen LogP contribution >= 0.6 is 0 Å². The number of pyridine rings is 1. The minimum atomic E-state index is -0.256. The molecule has 0 unspecified atom stereocenters. The molecule has 112 valence electrons. The Morgan fingerprint density at radius 2 is 2.10 bits per heavy atom. The number of halogens is 1. The average Bonchev–Trinajstić information content (AvgIpc) is 2.94. The fourth-order valence-electron chi connectivity index (χ4n) is 2.89. The van der Waals surface area contributed by atoms with E-state index in [0.29, 0.717) is 11.3 Å². The van der Waals surface area contributed by atoms with Gasteiger partial charge in [0.2, 0.25) is 0 Å². The summed E-state index contributed by atoms with van der Waals surface area (Å²) in [6.07, 6.45) is 7.22. The topological polar surface area (TPSA) is 54.2 Å². The van der Waals surface area contributed by atoms with Crippen LogP contribution in [-0.2, 0) is 13.7 Å². The number of piperidine rings is 1. The van der Waals surface area contributed by atoms with Gasteiger partial charge in [0.25, 0.3) is 0 Å². The first-order chi connectivity index (χ1) is 10.2. The third-order valence-corrected chi connectivity index (χ3v) is 4.09. The highest BCUT2D eigenvalue weighted by Crippen LogP contribution is 2.31. The maximum Gasteiger partial charge on any atom is 0.130 e. The van der Waals surface area contributed by atoms with Crippen LogP contribution in [0.5, 0.6) is 0 Å². The fraction of sp³-hybridized carbons (Fsp3) is 0.467. The zero-order valence-electron chi connectivity index (χ0n) is 12.0. The second kappa shape index (κ2) is 5.81. The van der Waals surface area contributed by atoms with Gasteiger partial charge >= 0.3 is 0 Å². The molecule has 5 nitrogen and oxygen atoms in total. The molecule has 0 amide bonds. The molecule has 0 saturated carbocycles. The standard InChI is InChI=1S/C15H19FN4O/c1-19-9-13(7-18-19)20-4-2-11(3-5-20)14-8-17-12(10-21)6-15(14)16/h6-9,11,21H,2-5,10H2,1H3. The third-order valence-electron chi connectivity index (χ3n) is 4.09. The molecule has 0 spiro atoms. The molecule has 1 N–H and O–H groups in total. The number of hydrogen-bond donors (Lipinski definition) is 1. The summed E-state index contributed by atoms with van der Waals surface area (Å²) < 4.78 is 15.9. The number of rotatable bonds is 3. The first-order valence-corrected chi connectivity index (χ1v) is 7.16. The first kappa shape index (κ1) is 14.0. The van der Waals surface area contributed by atoms with Gasteiger partial charge in [-0.1, -0.05) is 0 Å². The molecule has 2 aromatic rings. The van der Waals surface area contributed by atoms with Crippen LogP contribution in [-0.4, -0.2) is 33.0 Å². The summed E-state index contributed by atoms with van der Waals surface area (Å²) in [6, 6.07) is 1.34. The van der Waals surface area contributed by atoms with Crippen molar-refractivity contribution in [2.75, 3.05) is 18.0 Å². The van der Waals surface area contributed by atoms with Gasteiger partial charge in [0.15, 0.2) is 0 Å². The van der Waals surface area contributed by atoms with Gasteiger partial charge < -0.3 is 10.0 Å². The quantitative estimate of drug-likeness (QED) is 0.937. The zero-order valence-corrected chi connectivity index (χ0v) is 12.0. The van der Waals surface area contributed by atoms with Gasteiger partial charge in [0, 0.05) is 38.1 Å². The number of aryl methyl sites for hydroxylation is 1. The Morgan fingerprint density at radius 3 is 2.67 bits per heavy atom. The van der Waals surface area contributed by atoms with Crippen molar-refractivity contribution in [3.63, 3.8) is 0 Å². The summed E-state index contributed by atoms with van der Waals surface area (Å²) in [4.78, 5) is 6.37. The van der Waals surface area contributed by atoms with Crippen LogP contribution in [0.4, 0.5) is 10.1 Å². The summed E-state index contributed by atoms with van der Waals surface area (Å²) in [5.41, 5.74) is 2.16. The van der Waals surface area contributed by atoms with Crippen LogP contribution < -0.4 is 4.90 Å². The highest BCUT2D eigenvalue weighted by molar-refractivity contribution is 5.43. The lowest BCUT2D eigenvalue weighted by molar-refractivity contribution is 0.276. The lowest BCUT2D eigenvalue weighted by atomic mass is 9.90.